The average molecular weight is 405 g/mol. The van der Waals surface area contributed by atoms with Crippen molar-refractivity contribution in [1.82, 2.24) is 19.9 Å². The number of hydrogen-bond acceptors (Lipinski definition) is 7. The standard InChI is InChI=1S/C20H12N4S3/c1-9-21-19(22-10-1)17-7-5-15(26-17)13-3-4-14(25-13)16-6-8-18(27-16)20-23-11-2-12-24-20/h1-12H. The summed E-state index contributed by atoms with van der Waals surface area (Å²) < 4.78 is 0. The molecule has 130 valence electrons. The first-order valence-electron chi connectivity index (χ1n) is 8.22. The summed E-state index contributed by atoms with van der Waals surface area (Å²) in [6, 6.07) is 16.5. The highest BCUT2D eigenvalue weighted by Crippen LogP contribution is 2.42. The second kappa shape index (κ2) is 7.11. The number of rotatable bonds is 4. The predicted octanol–water partition coefficient (Wildman–Crippen LogP) is 6.12. The molecule has 0 aliphatic rings. The molecule has 0 unspecified atom stereocenters. The second-order valence-electron chi connectivity index (χ2n) is 5.64. The summed E-state index contributed by atoms with van der Waals surface area (Å²) in [6.45, 7) is 0. The van der Waals surface area contributed by atoms with Gasteiger partial charge in [0.2, 0.25) is 0 Å². The molecule has 0 amide bonds. The SMILES string of the molecule is c1cnc(-c2ccc(-c3ccc(-c4ccc(-c5ncccn5)s4)s3)s2)nc1. The van der Waals surface area contributed by atoms with Crippen LogP contribution in [0, 0.1) is 0 Å². The van der Waals surface area contributed by atoms with E-state index >= 15 is 0 Å². The summed E-state index contributed by atoms with van der Waals surface area (Å²) in [7, 11) is 0. The van der Waals surface area contributed by atoms with Crippen LogP contribution in [0.15, 0.2) is 73.3 Å². The highest BCUT2D eigenvalue weighted by atomic mass is 32.1. The molecule has 5 aromatic rings. The summed E-state index contributed by atoms with van der Waals surface area (Å²) in [5.74, 6) is 1.55. The van der Waals surface area contributed by atoms with E-state index in [1.165, 1.54) is 19.5 Å². The third-order valence-electron chi connectivity index (χ3n) is 3.88. The molecule has 0 aliphatic carbocycles. The molecule has 5 aromatic heterocycles. The lowest BCUT2D eigenvalue weighted by atomic mass is 10.3. The Bertz CT molecular complexity index is 1080. The molecule has 4 nitrogen and oxygen atoms in total. The lowest BCUT2D eigenvalue weighted by molar-refractivity contribution is 1.19. The molecule has 0 N–H and O–H groups in total. The summed E-state index contributed by atoms with van der Waals surface area (Å²) in [5, 5.41) is 0. The Morgan fingerprint density at radius 3 is 1.07 bits per heavy atom. The summed E-state index contributed by atoms with van der Waals surface area (Å²) in [4.78, 5) is 24.5. The third kappa shape index (κ3) is 3.32. The molecule has 27 heavy (non-hydrogen) atoms. The molecular formula is C20H12N4S3. The molecule has 0 radical (unpaired) electrons. The number of thiophene rings is 3. The Morgan fingerprint density at radius 1 is 0.407 bits per heavy atom. The maximum absolute atomic E-state index is 4.33. The van der Waals surface area contributed by atoms with E-state index in [4.69, 9.17) is 0 Å². The van der Waals surface area contributed by atoms with Gasteiger partial charge in [0, 0.05) is 44.3 Å². The van der Waals surface area contributed by atoms with Crippen LogP contribution in [0.5, 0.6) is 0 Å². The van der Waals surface area contributed by atoms with Crippen molar-refractivity contribution in [1.29, 1.82) is 0 Å². The van der Waals surface area contributed by atoms with Gasteiger partial charge in [0.05, 0.1) is 9.75 Å². The van der Waals surface area contributed by atoms with Crippen LogP contribution in [0.4, 0.5) is 0 Å². The van der Waals surface area contributed by atoms with Crippen molar-refractivity contribution in [3.63, 3.8) is 0 Å². The zero-order valence-electron chi connectivity index (χ0n) is 13.9. The minimum Gasteiger partial charge on any atom is -0.236 e. The first-order valence-corrected chi connectivity index (χ1v) is 10.7. The molecular weight excluding hydrogens is 392 g/mol. The first-order chi connectivity index (χ1) is 13.4. The molecule has 0 fully saturated rings. The highest BCUT2D eigenvalue weighted by molar-refractivity contribution is 7.27. The molecule has 0 saturated carbocycles. The minimum atomic E-state index is 0.774. The smallest absolute Gasteiger partial charge is 0.169 e. The fraction of sp³-hybridized carbons (Fsp3) is 0. The molecule has 5 rings (SSSR count). The van der Waals surface area contributed by atoms with Gasteiger partial charge in [-0.3, -0.25) is 0 Å². The van der Waals surface area contributed by atoms with E-state index in [-0.39, 0.29) is 0 Å². The Hall–Kier alpha value is -2.74. The first kappa shape index (κ1) is 16.4. The Kier molecular flexibility index (Phi) is 4.33. The van der Waals surface area contributed by atoms with E-state index in [9.17, 15) is 0 Å². The van der Waals surface area contributed by atoms with Gasteiger partial charge in [-0.05, 0) is 48.5 Å². The molecule has 7 heteroatoms. The van der Waals surface area contributed by atoms with Crippen molar-refractivity contribution in [3.8, 4) is 40.9 Å². The molecule has 0 aromatic carbocycles. The van der Waals surface area contributed by atoms with Crippen LogP contribution in [0.3, 0.4) is 0 Å². The van der Waals surface area contributed by atoms with Gasteiger partial charge in [0.1, 0.15) is 0 Å². The fourth-order valence-corrected chi connectivity index (χ4v) is 5.73. The van der Waals surface area contributed by atoms with Crippen LogP contribution in [-0.4, -0.2) is 19.9 Å². The number of aromatic nitrogens is 4. The van der Waals surface area contributed by atoms with E-state index in [2.05, 4.69) is 56.3 Å². The van der Waals surface area contributed by atoms with Crippen molar-refractivity contribution in [2.75, 3.05) is 0 Å². The summed E-state index contributed by atoms with van der Waals surface area (Å²) in [5.41, 5.74) is 0. The zero-order valence-corrected chi connectivity index (χ0v) is 16.4. The van der Waals surface area contributed by atoms with Gasteiger partial charge < -0.3 is 0 Å². The van der Waals surface area contributed by atoms with Gasteiger partial charge >= 0.3 is 0 Å². The minimum absolute atomic E-state index is 0.774. The Morgan fingerprint density at radius 2 is 0.704 bits per heavy atom. The summed E-state index contributed by atoms with van der Waals surface area (Å²) >= 11 is 5.23. The van der Waals surface area contributed by atoms with Gasteiger partial charge in [-0.25, -0.2) is 19.9 Å². The Labute approximate surface area is 167 Å². The highest BCUT2D eigenvalue weighted by Gasteiger charge is 2.12. The van der Waals surface area contributed by atoms with Gasteiger partial charge in [0.15, 0.2) is 11.6 Å². The lowest BCUT2D eigenvalue weighted by Gasteiger charge is -1.94. The van der Waals surface area contributed by atoms with Crippen molar-refractivity contribution in [3.05, 3.63) is 73.3 Å². The van der Waals surface area contributed by atoms with E-state index in [0.29, 0.717) is 0 Å². The van der Waals surface area contributed by atoms with Gasteiger partial charge in [-0.2, -0.15) is 0 Å². The van der Waals surface area contributed by atoms with Crippen molar-refractivity contribution < 1.29 is 0 Å². The fourth-order valence-electron chi connectivity index (χ4n) is 2.64. The lowest BCUT2D eigenvalue weighted by Crippen LogP contribution is -1.81. The average Bonchev–Trinajstić information content (AvgIpc) is 3.49. The van der Waals surface area contributed by atoms with Gasteiger partial charge in [0.25, 0.3) is 0 Å². The van der Waals surface area contributed by atoms with E-state index < -0.39 is 0 Å². The quantitative estimate of drug-likeness (QED) is 0.362. The largest absolute Gasteiger partial charge is 0.236 e. The van der Waals surface area contributed by atoms with Crippen LogP contribution in [0.25, 0.3) is 40.9 Å². The van der Waals surface area contributed by atoms with Crippen LogP contribution in [0.2, 0.25) is 0 Å². The second-order valence-corrected chi connectivity index (χ2v) is 8.89. The molecule has 5 heterocycles. The summed E-state index contributed by atoms with van der Waals surface area (Å²) in [6.07, 6.45) is 7.09. The number of nitrogens with zero attached hydrogens (tertiary/aromatic N) is 4. The third-order valence-corrected chi connectivity index (χ3v) is 7.52. The predicted molar refractivity (Wildman–Crippen MR) is 113 cm³/mol. The molecule has 0 aliphatic heterocycles. The molecule has 0 spiro atoms. The van der Waals surface area contributed by atoms with E-state index in [1.807, 2.05) is 12.1 Å². The Balaban J connectivity index is 1.42. The maximum Gasteiger partial charge on any atom is 0.169 e. The van der Waals surface area contributed by atoms with Crippen molar-refractivity contribution >= 4 is 34.0 Å². The topological polar surface area (TPSA) is 51.6 Å². The van der Waals surface area contributed by atoms with E-state index in [1.54, 1.807) is 58.8 Å². The molecule has 0 bridgehead atoms. The maximum atomic E-state index is 4.33. The monoisotopic (exact) mass is 404 g/mol. The van der Waals surface area contributed by atoms with E-state index in [0.717, 1.165) is 21.4 Å². The van der Waals surface area contributed by atoms with Gasteiger partial charge in [-0.15, -0.1) is 34.0 Å². The number of hydrogen-bond donors (Lipinski definition) is 0. The van der Waals surface area contributed by atoms with Crippen LogP contribution in [-0.2, 0) is 0 Å². The zero-order chi connectivity index (χ0) is 18.1. The van der Waals surface area contributed by atoms with Crippen molar-refractivity contribution in [2.24, 2.45) is 0 Å². The normalized spacial score (nSPS) is 11.0. The van der Waals surface area contributed by atoms with Crippen LogP contribution >= 0.6 is 34.0 Å². The van der Waals surface area contributed by atoms with Gasteiger partial charge in [-0.1, -0.05) is 0 Å². The van der Waals surface area contributed by atoms with Crippen LogP contribution in [0.1, 0.15) is 0 Å². The van der Waals surface area contributed by atoms with Crippen molar-refractivity contribution in [2.45, 2.75) is 0 Å². The molecule has 0 saturated heterocycles. The van der Waals surface area contributed by atoms with Crippen LogP contribution < -0.4 is 0 Å². The molecule has 0 atom stereocenters.